The van der Waals surface area contributed by atoms with Crippen LogP contribution in [-0.4, -0.2) is 22.9 Å². The van der Waals surface area contributed by atoms with Crippen molar-refractivity contribution in [1.29, 1.82) is 0 Å². The maximum atomic E-state index is 12.4. The number of amides is 1. The number of aryl methyl sites for hydroxylation is 1. The van der Waals surface area contributed by atoms with Gasteiger partial charge >= 0.3 is 0 Å². The number of carbonyl (C=O) groups excluding carboxylic acids is 1. The molecule has 0 aliphatic heterocycles. The van der Waals surface area contributed by atoms with Crippen LogP contribution in [0.25, 0.3) is 0 Å². The zero-order valence-corrected chi connectivity index (χ0v) is 13.6. The van der Waals surface area contributed by atoms with Gasteiger partial charge in [0, 0.05) is 18.8 Å². The van der Waals surface area contributed by atoms with E-state index < -0.39 is 0 Å². The van der Waals surface area contributed by atoms with E-state index in [1.165, 1.54) is 0 Å². The van der Waals surface area contributed by atoms with Crippen LogP contribution >= 0.6 is 0 Å². The van der Waals surface area contributed by atoms with Gasteiger partial charge in [-0.2, -0.15) is 0 Å². The van der Waals surface area contributed by atoms with Crippen LogP contribution in [0.3, 0.4) is 0 Å². The van der Waals surface area contributed by atoms with Crippen LogP contribution in [-0.2, 0) is 0 Å². The van der Waals surface area contributed by atoms with E-state index in [1.54, 1.807) is 30.9 Å². The van der Waals surface area contributed by atoms with E-state index in [4.69, 9.17) is 0 Å². The minimum atomic E-state index is -0.151. The molecule has 3 aromatic rings. The first kappa shape index (κ1) is 15.7. The Balaban J connectivity index is 1.79. The molecule has 2 heterocycles. The van der Waals surface area contributed by atoms with Gasteiger partial charge in [-0.15, -0.1) is 0 Å². The summed E-state index contributed by atoms with van der Waals surface area (Å²) in [6.45, 7) is 1.96. The smallest absolute Gasteiger partial charge is 0.255 e. The summed E-state index contributed by atoms with van der Waals surface area (Å²) in [4.78, 5) is 22.7. The van der Waals surface area contributed by atoms with Gasteiger partial charge in [0.1, 0.15) is 0 Å². The third kappa shape index (κ3) is 3.57. The fourth-order valence-electron chi connectivity index (χ4n) is 2.37. The number of rotatable bonds is 4. The minimum Gasteiger partial charge on any atom is -0.342 e. The Morgan fingerprint density at radius 3 is 2.58 bits per heavy atom. The third-order valence-electron chi connectivity index (χ3n) is 3.68. The van der Waals surface area contributed by atoms with Gasteiger partial charge in [0.05, 0.1) is 35.7 Å². The van der Waals surface area contributed by atoms with Crippen molar-refractivity contribution in [3.63, 3.8) is 0 Å². The topological polar surface area (TPSA) is 58.1 Å². The number of hydrogen-bond donors (Lipinski definition) is 1. The first-order valence-corrected chi connectivity index (χ1v) is 7.60. The van der Waals surface area contributed by atoms with Gasteiger partial charge in [-0.05, 0) is 37.3 Å². The maximum absolute atomic E-state index is 12.4. The van der Waals surface area contributed by atoms with E-state index >= 15 is 0 Å². The number of aromatic nitrogens is 2. The molecule has 3 rings (SSSR count). The monoisotopic (exact) mass is 318 g/mol. The van der Waals surface area contributed by atoms with Crippen molar-refractivity contribution in [2.75, 3.05) is 17.3 Å². The SMILES string of the molecule is Cc1cccc(C(=O)Nc2cncc(N(C)c3cccnc3)c2)c1. The molecule has 120 valence electrons. The molecule has 1 N–H and O–H groups in total. The molecule has 0 aliphatic carbocycles. The summed E-state index contributed by atoms with van der Waals surface area (Å²) in [6, 6.07) is 13.2. The van der Waals surface area contributed by atoms with Crippen LogP contribution in [0, 0.1) is 6.92 Å². The van der Waals surface area contributed by atoms with E-state index in [2.05, 4.69) is 15.3 Å². The Bertz CT molecular complexity index is 849. The van der Waals surface area contributed by atoms with Gasteiger partial charge in [0.25, 0.3) is 5.91 Å². The number of nitrogens with one attached hydrogen (secondary N) is 1. The highest BCUT2D eigenvalue weighted by Gasteiger charge is 2.09. The zero-order chi connectivity index (χ0) is 16.9. The van der Waals surface area contributed by atoms with E-state index in [0.717, 1.165) is 16.9 Å². The predicted molar refractivity (Wildman–Crippen MR) is 95.7 cm³/mol. The molecule has 0 fully saturated rings. The molecular weight excluding hydrogens is 300 g/mol. The third-order valence-corrected chi connectivity index (χ3v) is 3.68. The van der Waals surface area contributed by atoms with E-state index in [1.807, 2.05) is 55.3 Å². The summed E-state index contributed by atoms with van der Waals surface area (Å²) in [5.74, 6) is -0.151. The van der Waals surface area contributed by atoms with Crippen molar-refractivity contribution in [2.45, 2.75) is 6.92 Å². The van der Waals surface area contributed by atoms with Crippen LogP contribution < -0.4 is 10.2 Å². The van der Waals surface area contributed by atoms with Crippen molar-refractivity contribution in [2.24, 2.45) is 0 Å². The lowest BCUT2D eigenvalue weighted by atomic mass is 10.1. The molecule has 0 spiro atoms. The van der Waals surface area contributed by atoms with Crippen molar-refractivity contribution in [3.8, 4) is 0 Å². The summed E-state index contributed by atoms with van der Waals surface area (Å²) in [5, 5.41) is 2.89. The Kier molecular flexibility index (Phi) is 4.52. The van der Waals surface area contributed by atoms with Crippen LogP contribution in [0.1, 0.15) is 15.9 Å². The zero-order valence-electron chi connectivity index (χ0n) is 13.6. The number of hydrogen-bond acceptors (Lipinski definition) is 4. The van der Waals surface area contributed by atoms with Gasteiger partial charge < -0.3 is 10.2 Å². The van der Waals surface area contributed by atoms with Crippen molar-refractivity contribution >= 4 is 23.0 Å². The van der Waals surface area contributed by atoms with Crippen LogP contribution in [0.2, 0.25) is 0 Å². The van der Waals surface area contributed by atoms with E-state index in [0.29, 0.717) is 11.3 Å². The molecule has 0 saturated carbocycles. The highest BCUT2D eigenvalue weighted by molar-refractivity contribution is 6.04. The van der Waals surface area contributed by atoms with Crippen LogP contribution in [0.4, 0.5) is 17.1 Å². The number of nitrogens with zero attached hydrogens (tertiary/aromatic N) is 3. The standard InChI is InChI=1S/C19H18N4O/c1-14-5-3-6-15(9-14)19(24)22-16-10-18(13-21-11-16)23(2)17-7-4-8-20-12-17/h3-13H,1-2H3,(H,22,24). The molecule has 0 atom stereocenters. The lowest BCUT2D eigenvalue weighted by Crippen LogP contribution is -2.14. The molecule has 0 saturated heterocycles. The van der Waals surface area contributed by atoms with Crippen LogP contribution in [0.15, 0.2) is 67.3 Å². The minimum absolute atomic E-state index is 0.151. The Morgan fingerprint density at radius 1 is 1.00 bits per heavy atom. The molecule has 5 nitrogen and oxygen atoms in total. The van der Waals surface area contributed by atoms with Gasteiger partial charge in [0.15, 0.2) is 0 Å². The highest BCUT2D eigenvalue weighted by atomic mass is 16.1. The molecule has 1 aromatic carbocycles. The number of anilines is 3. The molecule has 2 aromatic heterocycles. The second-order valence-electron chi connectivity index (χ2n) is 5.53. The second kappa shape index (κ2) is 6.91. The van der Waals surface area contributed by atoms with Crippen molar-refractivity contribution in [1.82, 2.24) is 9.97 Å². The first-order valence-electron chi connectivity index (χ1n) is 7.60. The molecule has 24 heavy (non-hydrogen) atoms. The van der Waals surface area contributed by atoms with Gasteiger partial charge in [-0.25, -0.2) is 0 Å². The summed E-state index contributed by atoms with van der Waals surface area (Å²) in [5.41, 5.74) is 4.13. The van der Waals surface area contributed by atoms with Gasteiger partial charge in [0.2, 0.25) is 0 Å². The average molecular weight is 318 g/mol. The summed E-state index contributed by atoms with van der Waals surface area (Å²) >= 11 is 0. The lowest BCUT2D eigenvalue weighted by molar-refractivity contribution is 0.102. The van der Waals surface area contributed by atoms with E-state index in [9.17, 15) is 4.79 Å². The molecule has 0 unspecified atom stereocenters. The fourth-order valence-corrected chi connectivity index (χ4v) is 2.37. The number of benzene rings is 1. The summed E-state index contributed by atoms with van der Waals surface area (Å²) < 4.78 is 0. The highest BCUT2D eigenvalue weighted by Crippen LogP contribution is 2.24. The summed E-state index contributed by atoms with van der Waals surface area (Å²) in [6.07, 6.45) is 6.88. The summed E-state index contributed by atoms with van der Waals surface area (Å²) in [7, 11) is 1.93. The molecule has 0 radical (unpaired) electrons. The molecule has 0 bridgehead atoms. The largest absolute Gasteiger partial charge is 0.342 e. The maximum Gasteiger partial charge on any atom is 0.255 e. The predicted octanol–water partition coefficient (Wildman–Crippen LogP) is 3.81. The van der Waals surface area contributed by atoms with Crippen LogP contribution in [0.5, 0.6) is 0 Å². The molecule has 1 amide bonds. The average Bonchev–Trinajstić information content (AvgIpc) is 2.62. The molecule has 0 aliphatic rings. The van der Waals surface area contributed by atoms with E-state index in [-0.39, 0.29) is 5.91 Å². The fraction of sp³-hybridized carbons (Fsp3) is 0.105. The van der Waals surface area contributed by atoms with Gasteiger partial charge in [-0.1, -0.05) is 17.7 Å². The Labute approximate surface area is 141 Å². The quantitative estimate of drug-likeness (QED) is 0.795. The second-order valence-corrected chi connectivity index (χ2v) is 5.53. The molecular formula is C19H18N4O. The number of pyridine rings is 2. The Morgan fingerprint density at radius 2 is 1.83 bits per heavy atom. The van der Waals surface area contributed by atoms with Gasteiger partial charge in [-0.3, -0.25) is 14.8 Å². The Hall–Kier alpha value is -3.21. The van der Waals surface area contributed by atoms with Crippen molar-refractivity contribution < 1.29 is 4.79 Å². The first-order chi connectivity index (χ1) is 11.6. The lowest BCUT2D eigenvalue weighted by Gasteiger charge is -2.19. The number of carbonyl (C=O) groups is 1. The van der Waals surface area contributed by atoms with Crippen molar-refractivity contribution in [3.05, 3.63) is 78.4 Å². The molecule has 5 heteroatoms. The normalized spacial score (nSPS) is 10.2.